The van der Waals surface area contributed by atoms with Crippen molar-refractivity contribution in [1.82, 2.24) is 20.1 Å². The minimum atomic E-state index is 0.397. The number of hydrogen-bond acceptors (Lipinski definition) is 4. The van der Waals surface area contributed by atoms with Crippen molar-refractivity contribution in [3.8, 4) is 0 Å². The number of aromatic nitrogens is 3. The molecule has 5 heteroatoms. The minimum absolute atomic E-state index is 0.397. The summed E-state index contributed by atoms with van der Waals surface area (Å²) in [5, 5.41) is 9.58. The molecule has 120 valence electrons. The van der Waals surface area contributed by atoms with E-state index in [0.717, 1.165) is 17.6 Å². The van der Waals surface area contributed by atoms with E-state index in [-0.39, 0.29) is 0 Å². The number of nitrogens with one attached hydrogen (secondary N) is 1. The van der Waals surface area contributed by atoms with Crippen LogP contribution < -0.4 is 5.32 Å². The van der Waals surface area contributed by atoms with Gasteiger partial charge in [-0.3, -0.25) is 0 Å². The van der Waals surface area contributed by atoms with E-state index in [2.05, 4.69) is 43.1 Å². The lowest BCUT2D eigenvalue weighted by Crippen LogP contribution is -2.45. The maximum Gasteiger partial charge on any atom is 0.186 e. The van der Waals surface area contributed by atoms with Gasteiger partial charge in [-0.05, 0) is 43.6 Å². The molecular weight excluding hydrogens is 280 g/mol. The molecule has 0 radical (unpaired) electrons. The quantitative estimate of drug-likeness (QED) is 0.904. The van der Waals surface area contributed by atoms with Gasteiger partial charge in [0.05, 0.1) is 0 Å². The summed E-state index contributed by atoms with van der Waals surface area (Å²) in [5.41, 5.74) is 0.397. The molecule has 1 saturated carbocycles. The Kier molecular flexibility index (Phi) is 5.72. The Morgan fingerprint density at radius 3 is 2.71 bits per heavy atom. The second kappa shape index (κ2) is 7.14. The Balaban J connectivity index is 2.07. The molecule has 0 aromatic carbocycles. The SMILES string of the molecule is CCCNC1CCC(C(C)(C)C)CC1Sc1ncnn1C. The van der Waals surface area contributed by atoms with Crippen LogP contribution in [0.3, 0.4) is 0 Å². The van der Waals surface area contributed by atoms with E-state index in [1.807, 2.05) is 23.5 Å². The van der Waals surface area contributed by atoms with Gasteiger partial charge in [0.2, 0.25) is 0 Å². The van der Waals surface area contributed by atoms with E-state index < -0.39 is 0 Å². The van der Waals surface area contributed by atoms with Crippen LogP contribution in [0.25, 0.3) is 0 Å². The van der Waals surface area contributed by atoms with Crippen molar-refractivity contribution in [1.29, 1.82) is 0 Å². The Morgan fingerprint density at radius 1 is 1.38 bits per heavy atom. The normalized spacial score (nSPS) is 27.0. The first-order chi connectivity index (χ1) is 9.91. The molecule has 1 N–H and O–H groups in total. The van der Waals surface area contributed by atoms with Gasteiger partial charge in [-0.2, -0.15) is 5.10 Å². The van der Waals surface area contributed by atoms with Crippen molar-refractivity contribution in [3.63, 3.8) is 0 Å². The van der Waals surface area contributed by atoms with Crippen LogP contribution in [0.5, 0.6) is 0 Å². The highest BCUT2D eigenvalue weighted by Gasteiger charge is 2.36. The molecule has 3 atom stereocenters. The van der Waals surface area contributed by atoms with Crippen LogP contribution >= 0.6 is 11.8 Å². The molecule has 3 unspecified atom stereocenters. The third-order valence-corrected chi connectivity index (χ3v) is 6.00. The second-order valence-electron chi connectivity index (χ2n) is 7.26. The summed E-state index contributed by atoms with van der Waals surface area (Å²) in [5.74, 6) is 0.794. The zero-order chi connectivity index (χ0) is 15.5. The van der Waals surface area contributed by atoms with Gasteiger partial charge < -0.3 is 5.32 Å². The highest BCUT2D eigenvalue weighted by Crippen LogP contribution is 2.42. The molecule has 0 aliphatic heterocycles. The zero-order valence-corrected chi connectivity index (χ0v) is 14.9. The van der Waals surface area contributed by atoms with Crippen molar-refractivity contribution in [2.75, 3.05) is 6.54 Å². The smallest absolute Gasteiger partial charge is 0.186 e. The van der Waals surface area contributed by atoms with Crippen molar-refractivity contribution in [2.24, 2.45) is 18.4 Å². The van der Waals surface area contributed by atoms with Gasteiger partial charge in [0, 0.05) is 18.3 Å². The molecule has 0 bridgehead atoms. The van der Waals surface area contributed by atoms with Crippen LogP contribution in [-0.4, -0.2) is 32.6 Å². The first-order valence-electron chi connectivity index (χ1n) is 8.15. The third-order valence-electron chi connectivity index (χ3n) is 4.60. The van der Waals surface area contributed by atoms with Gasteiger partial charge in [0.25, 0.3) is 0 Å². The van der Waals surface area contributed by atoms with Crippen LogP contribution in [0.15, 0.2) is 11.5 Å². The first kappa shape index (κ1) is 16.8. The van der Waals surface area contributed by atoms with Crippen LogP contribution in [0, 0.1) is 11.3 Å². The summed E-state index contributed by atoms with van der Waals surface area (Å²) in [6, 6.07) is 0.602. The molecule has 0 spiro atoms. The molecule has 4 nitrogen and oxygen atoms in total. The van der Waals surface area contributed by atoms with E-state index in [1.54, 1.807) is 6.33 Å². The fourth-order valence-electron chi connectivity index (χ4n) is 3.14. The monoisotopic (exact) mass is 310 g/mol. The molecule has 1 aromatic heterocycles. The highest BCUT2D eigenvalue weighted by atomic mass is 32.2. The summed E-state index contributed by atoms with van der Waals surface area (Å²) in [7, 11) is 1.98. The van der Waals surface area contributed by atoms with Crippen LogP contribution in [0.1, 0.15) is 53.4 Å². The fraction of sp³-hybridized carbons (Fsp3) is 0.875. The molecule has 1 fully saturated rings. The summed E-state index contributed by atoms with van der Waals surface area (Å²) >= 11 is 1.90. The molecule has 1 heterocycles. The van der Waals surface area contributed by atoms with Crippen LogP contribution in [0.4, 0.5) is 0 Å². The van der Waals surface area contributed by atoms with Crippen LogP contribution in [0.2, 0.25) is 0 Å². The average Bonchev–Trinajstić information content (AvgIpc) is 2.82. The second-order valence-corrected chi connectivity index (χ2v) is 8.47. The van der Waals surface area contributed by atoms with Crippen molar-refractivity contribution < 1.29 is 0 Å². The van der Waals surface area contributed by atoms with E-state index in [4.69, 9.17) is 0 Å². The Morgan fingerprint density at radius 2 is 2.14 bits per heavy atom. The van der Waals surface area contributed by atoms with Gasteiger partial charge in [-0.15, -0.1) is 0 Å². The molecule has 21 heavy (non-hydrogen) atoms. The average molecular weight is 311 g/mol. The predicted octanol–water partition coefficient (Wildman–Crippen LogP) is 3.49. The maximum atomic E-state index is 4.40. The molecule has 0 saturated heterocycles. The van der Waals surface area contributed by atoms with Gasteiger partial charge in [-0.25, -0.2) is 9.67 Å². The van der Waals surface area contributed by atoms with Gasteiger partial charge in [0.1, 0.15) is 6.33 Å². The zero-order valence-electron chi connectivity index (χ0n) is 14.1. The summed E-state index contributed by atoms with van der Waals surface area (Å²) in [4.78, 5) is 4.40. The lowest BCUT2D eigenvalue weighted by Gasteiger charge is -2.41. The topological polar surface area (TPSA) is 42.7 Å². The van der Waals surface area contributed by atoms with Gasteiger partial charge in [-0.1, -0.05) is 39.5 Å². The lowest BCUT2D eigenvalue weighted by molar-refractivity contribution is 0.165. The predicted molar refractivity (Wildman–Crippen MR) is 89.5 cm³/mol. The third kappa shape index (κ3) is 4.46. The highest BCUT2D eigenvalue weighted by molar-refractivity contribution is 7.99. The molecule has 1 aliphatic rings. The van der Waals surface area contributed by atoms with E-state index in [0.29, 0.717) is 16.7 Å². The summed E-state index contributed by atoms with van der Waals surface area (Å²) in [6.45, 7) is 10.5. The lowest BCUT2D eigenvalue weighted by atomic mass is 9.71. The molecule has 0 amide bonds. The van der Waals surface area contributed by atoms with E-state index in [1.165, 1.54) is 25.7 Å². The van der Waals surface area contributed by atoms with E-state index >= 15 is 0 Å². The van der Waals surface area contributed by atoms with Crippen LogP contribution in [-0.2, 0) is 7.05 Å². The maximum absolute atomic E-state index is 4.40. The Bertz CT molecular complexity index is 438. The Hall–Kier alpha value is -0.550. The van der Waals surface area contributed by atoms with Crippen molar-refractivity contribution in [3.05, 3.63) is 6.33 Å². The number of aryl methyl sites for hydroxylation is 1. The molecular formula is C16H30N4S. The number of thioether (sulfide) groups is 1. The molecule has 1 aromatic rings. The van der Waals surface area contributed by atoms with Crippen molar-refractivity contribution in [2.45, 2.75) is 69.8 Å². The first-order valence-corrected chi connectivity index (χ1v) is 9.03. The van der Waals surface area contributed by atoms with Gasteiger partial charge >= 0.3 is 0 Å². The standard InChI is InChI=1S/C16H30N4S/c1-6-9-17-13-8-7-12(16(2,3)4)10-14(13)21-15-18-11-19-20(15)5/h11-14,17H,6-10H2,1-5H3. The largest absolute Gasteiger partial charge is 0.313 e. The Labute approximate surface area is 133 Å². The minimum Gasteiger partial charge on any atom is -0.313 e. The number of nitrogens with zero attached hydrogens (tertiary/aromatic N) is 3. The fourth-order valence-corrected chi connectivity index (χ4v) is 4.44. The van der Waals surface area contributed by atoms with Crippen molar-refractivity contribution >= 4 is 11.8 Å². The number of hydrogen-bond donors (Lipinski definition) is 1. The summed E-state index contributed by atoms with van der Waals surface area (Å²) < 4.78 is 1.89. The van der Waals surface area contributed by atoms with Gasteiger partial charge in [0.15, 0.2) is 5.16 Å². The number of rotatable bonds is 5. The van der Waals surface area contributed by atoms with E-state index in [9.17, 15) is 0 Å². The molecule has 1 aliphatic carbocycles. The summed E-state index contributed by atoms with van der Waals surface area (Å²) in [6.07, 6.45) is 6.72. The molecule has 2 rings (SSSR count).